The highest BCUT2D eigenvalue weighted by Crippen LogP contribution is 2.19. The Balaban J connectivity index is 1.61. The monoisotopic (exact) mass is 331 g/mol. The third-order valence-electron chi connectivity index (χ3n) is 4.45. The standard InChI is InChI=1S/C18H25N3O3/c1-20-8-9-24-16(11-20)12-21(2)18(23)14-5-3-4-13(10-14)17(22)19-15-6-7-15/h3-5,10,15-16H,6-9,11-12H2,1-2H3,(H,19,22). The molecule has 130 valence electrons. The fourth-order valence-electron chi connectivity index (χ4n) is 2.88. The molecule has 2 aliphatic rings. The number of rotatable bonds is 5. The minimum atomic E-state index is -0.105. The average molecular weight is 331 g/mol. The van der Waals surface area contributed by atoms with E-state index in [4.69, 9.17) is 4.74 Å². The van der Waals surface area contributed by atoms with Gasteiger partial charge in [-0.25, -0.2) is 0 Å². The summed E-state index contributed by atoms with van der Waals surface area (Å²) in [7, 11) is 3.83. The number of benzene rings is 1. The molecule has 1 saturated carbocycles. The van der Waals surface area contributed by atoms with E-state index in [1.165, 1.54) is 0 Å². The Morgan fingerprint density at radius 2 is 2.08 bits per heavy atom. The van der Waals surface area contributed by atoms with Gasteiger partial charge in [-0.05, 0) is 38.1 Å². The number of carbonyl (C=O) groups excluding carboxylic acids is 2. The fraction of sp³-hybridized carbons (Fsp3) is 0.556. The quantitative estimate of drug-likeness (QED) is 0.874. The van der Waals surface area contributed by atoms with Crippen LogP contribution in [0.3, 0.4) is 0 Å². The van der Waals surface area contributed by atoms with Crippen molar-refractivity contribution >= 4 is 11.8 Å². The Morgan fingerprint density at radius 1 is 1.33 bits per heavy atom. The molecule has 1 atom stereocenters. The maximum atomic E-state index is 12.6. The highest BCUT2D eigenvalue weighted by molar-refractivity contribution is 5.99. The van der Waals surface area contributed by atoms with Gasteiger partial charge in [-0.3, -0.25) is 9.59 Å². The number of morpholine rings is 1. The van der Waals surface area contributed by atoms with Gasteiger partial charge in [0.1, 0.15) is 0 Å². The van der Waals surface area contributed by atoms with Crippen molar-refractivity contribution in [2.45, 2.75) is 25.0 Å². The van der Waals surface area contributed by atoms with Crippen LogP contribution in [-0.2, 0) is 4.74 Å². The molecule has 0 radical (unpaired) electrons. The number of amides is 2. The van der Waals surface area contributed by atoms with E-state index in [1.807, 2.05) is 0 Å². The number of carbonyl (C=O) groups is 2. The van der Waals surface area contributed by atoms with E-state index in [1.54, 1.807) is 36.2 Å². The van der Waals surface area contributed by atoms with Crippen molar-refractivity contribution < 1.29 is 14.3 Å². The van der Waals surface area contributed by atoms with Gasteiger partial charge in [0.25, 0.3) is 11.8 Å². The van der Waals surface area contributed by atoms with E-state index < -0.39 is 0 Å². The summed E-state index contributed by atoms with van der Waals surface area (Å²) >= 11 is 0. The van der Waals surface area contributed by atoms with Crippen molar-refractivity contribution in [2.24, 2.45) is 0 Å². The molecule has 6 nitrogen and oxygen atoms in total. The van der Waals surface area contributed by atoms with Gasteiger partial charge in [0.15, 0.2) is 0 Å². The van der Waals surface area contributed by atoms with Gasteiger partial charge in [-0.1, -0.05) is 6.07 Å². The van der Waals surface area contributed by atoms with Crippen LogP contribution in [-0.4, -0.2) is 74.1 Å². The SMILES string of the molecule is CN1CCOC(CN(C)C(=O)c2cccc(C(=O)NC3CC3)c2)C1. The molecule has 0 spiro atoms. The summed E-state index contributed by atoms with van der Waals surface area (Å²) < 4.78 is 5.72. The zero-order chi connectivity index (χ0) is 17.1. The molecule has 1 unspecified atom stereocenters. The van der Waals surface area contributed by atoms with Gasteiger partial charge in [-0.15, -0.1) is 0 Å². The highest BCUT2D eigenvalue weighted by Gasteiger charge is 2.25. The van der Waals surface area contributed by atoms with Crippen LogP contribution in [0.4, 0.5) is 0 Å². The molecule has 2 amide bonds. The number of likely N-dealkylation sites (N-methyl/N-ethyl adjacent to an activating group) is 2. The molecule has 1 aliphatic carbocycles. The summed E-state index contributed by atoms with van der Waals surface area (Å²) in [5.74, 6) is -0.194. The summed E-state index contributed by atoms with van der Waals surface area (Å²) in [4.78, 5) is 28.6. The number of hydrogen-bond acceptors (Lipinski definition) is 4. The summed E-state index contributed by atoms with van der Waals surface area (Å²) in [6.07, 6.45) is 2.12. The maximum Gasteiger partial charge on any atom is 0.253 e. The third-order valence-corrected chi connectivity index (χ3v) is 4.45. The van der Waals surface area contributed by atoms with E-state index in [9.17, 15) is 9.59 Å². The molecule has 1 heterocycles. The van der Waals surface area contributed by atoms with Gasteiger partial charge < -0.3 is 19.9 Å². The molecule has 1 aliphatic heterocycles. The number of ether oxygens (including phenoxy) is 1. The van der Waals surface area contributed by atoms with Crippen molar-refractivity contribution in [2.75, 3.05) is 40.3 Å². The maximum absolute atomic E-state index is 12.6. The molecule has 1 aromatic rings. The second-order valence-electron chi connectivity index (χ2n) is 6.77. The van der Waals surface area contributed by atoms with Crippen molar-refractivity contribution in [3.8, 4) is 0 Å². The number of nitrogens with zero attached hydrogens (tertiary/aromatic N) is 2. The first-order valence-corrected chi connectivity index (χ1v) is 8.49. The van der Waals surface area contributed by atoms with Gasteiger partial charge in [-0.2, -0.15) is 0 Å². The Kier molecular flexibility index (Phi) is 5.16. The van der Waals surface area contributed by atoms with Crippen LogP contribution in [0.2, 0.25) is 0 Å². The van der Waals surface area contributed by atoms with Crippen molar-refractivity contribution in [1.82, 2.24) is 15.1 Å². The lowest BCUT2D eigenvalue weighted by Crippen LogP contribution is -2.46. The Morgan fingerprint density at radius 3 is 2.79 bits per heavy atom. The minimum Gasteiger partial charge on any atom is -0.374 e. The zero-order valence-electron chi connectivity index (χ0n) is 14.3. The molecule has 3 rings (SSSR count). The first-order chi connectivity index (χ1) is 11.5. The lowest BCUT2D eigenvalue weighted by atomic mass is 10.1. The predicted molar refractivity (Wildman–Crippen MR) is 91.1 cm³/mol. The number of nitrogens with one attached hydrogen (secondary N) is 1. The van der Waals surface area contributed by atoms with Gasteiger partial charge in [0.05, 0.1) is 12.7 Å². The Labute approximate surface area is 142 Å². The van der Waals surface area contributed by atoms with Crippen LogP contribution in [0.5, 0.6) is 0 Å². The predicted octanol–water partition coefficient (Wildman–Crippen LogP) is 0.981. The molecule has 1 N–H and O–H groups in total. The Hall–Kier alpha value is -1.92. The van der Waals surface area contributed by atoms with Crippen LogP contribution in [0, 0.1) is 0 Å². The van der Waals surface area contributed by atoms with Crippen molar-refractivity contribution in [3.05, 3.63) is 35.4 Å². The Bertz CT molecular complexity index is 615. The molecule has 24 heavy (non-hydrogen) atoms. The van der Waals surface area contributed by atoms with Gasteiger partial charge in [0.2, 0.25) is 0 Å². The molecule has 0 aromatic heterocycles. The van der Waals surface area contributed by atoms with Crippen molar-refractivity contribution in [3.63, 3.8) is 0 Å². The molecule has 1 aromatic carbocycles. The third kappa shape index (κ3) is 4.33. The van der Waals surface area contributed by atoms with E-state index in [-0.39, 0.29) is 17.9 Å². The first-order valence-electron chi connectivity index (χ1n) is 8.49. The van der Waals surface area contributed by atoms with Crippen LogP contribution in [0.1, 0.15) is 33.6 Å². The highest BCUT2D eigenvalue weighted by atomic mass is 16.5. The van der Waals surface area contributed by atoms with Crippen LogP contribution in [0.15, 0.2) is 24.3 Å². The molecule has 1 saturated heterocycles. The molecule has 6 heteroatoms. The van der Waals surface area contributed by atoms with Gasteiger partial charge in [0, 0.05) is 43.9 Å². The molecule has 0 bridgehead atoms. The summed E-state index contributed by atoms with van der Waals surface area (Å²) in [5, 5.41) is 2.95. The van der Waals surface area contributed by atoms with Crippen LogP contribution >= 0.6 is 0 Å². The zero-order valence-corrected chi connectivity index (χ0v) is 14.3. The second kappa shape index (κ2) is 7.32. The number of hydrogen-bond donors (Lipinski definition) is 1. The average Bonchev–Trinajstić information content (AvgIpc) is 3.38. The summed E-state index contributed by atoms with van der Waals surface area (Å²) in [5.41, 5.74) is 1.07. The summed E-state index contributed by atoms with van der Waals surface area (Å²) in [6, 6.07) is 7.23. The van der Waals surface area contributed by atoms with E-state index in [2.05, 4.69) is 17.3 Å². The lowest BCUT2D eigenvalue weighted by molar-refractivity contribution is -0.0301. The minimum absolute atomic E-state index is 0.0269. The molecular formula is C18H25N3O3. The van der Waals surface area contributed by atoms with E-state index in [0.717, 1.165) is 25.9 Å². The fourth-order valence-corrected chi connectivity index (χ4v) is 2.88. The van der Waals surface area contributed by atoms with Gasteiger partial charge >= 0.3 is 0 Å². The lowest BCUT2D eigenvalue weighted by Gasteiger charge is -2.32. The summed E-state index contributed by atoms with van der Waals surface area (Å²) in [6.45, 7) is 2.98. The van der Waals surface area contributed by atoms with Crippen molar-refractivity contribution in [1.29, 1.82) is 0 Å². The topological polar surface area (TPSA) is 61.9 Å². The van der Waals surface area contributed by atoms with E-state index >= 15 is 0 Å². The second-order valence-corrected chi connectivity index (χ2v) is 6.77. The molecular weight excluding hydrogens is 306 g/mol. The first kappa shape index (κ1) is 16.9. The molecule has 2 fully saturated rings. The normalized spacial score (nSPS) is 21.3. The van der Waals surface area contributed by atoms with E-state index in [0.29, 0.717) is 30.3 Å². The van der Waals surface area contributed by atoms with Crippen LogP contribution in [0.25, 0.3) is 0 Å². The largest absolute Gasteiger partial charge is 0.374 e. The van der Waals surface area contributed by atoms with Crippen LogP contribution < -0.4 is 5.32 Å². The smallest absolute Gasteiger partial charge is 0.253 e.